The number of benzene rings is 1. The van der Waals surface area contributed by atoms with E-state index in [1.165, 1.54) is 0 Å². The lowest BCUT2D eigenvalue weighted by molar-refractivity contribution is -0.156. The first-order valence-corrected chi connectivity index (χ1v) is 11.3. The standard InChI is InChI=1S/C23H31ClN2O6/c1-4-15(3)20(25-21(28)16-6-8-18(24)9-7-16)23(30)32-14-19(27)26-12-10-17(11-13-26)22(29)31-5-2/h6-9,15,17,20H,4-5,10-14H2,1-3H3,(H,25,28)/t15-,20-/m0/s1. The van der Waals surface area contributed by atoms with Crippen molar-refractivity contribution in [3.05, 3.63) is 34.9 Å². The van der Waals surface area contributed by atoms with Crippen molar-refractivity contribution in [3.63, 3.8) is 0 Å². The highest BCUT2D eigenvalue weighted by Gasteiger charge is 2.31. The van der Waals surface area contributed by atoms with Gasteiger partial charge >= 0.3 is 11.9 Å². The molecule has 9 heteroatoms. The van der Waals surface area contributed by atoms with Crippen molar-refractivity contribution in [1.82, 2.24) is 10.2 Å². The molecule has 1 fully saturated rings. The molecule has 1 aromatic rings. The number of nitrogens with zero attached hydrogens (tertiary/aromatic N) is 1. The van der Waals surface area contributed by atoms with E-state index in [0.717, 1.165) is 0 Å². The van der Waals surface area contributed by atoms with Gasteiger partial charge in [-0.2, -0.15) is 0 Å². The predicted molar refractivity (Wildman–Crippen MR) is 119 cm³/mol. The molecule has 2 rings (SSSR count). The van der Waals surface area contributed by atoms with E-state index in [0.29, 0.717) is 49.5 Å². The Hall–Kier alpha value is -2.61. The molecule has 0 bridgehead atoms. The van der Waals surface area contributed by atoms with E-state index in [1.54, 1.807) is 36.1 Å². The van der Waals surface area contributed by atoms with Crippen molar-refractivity contribution in [2.75, 3.05) is 26.3 Å². The largest absolute Gasteiger partial charge is 0.466 e. The monoisotopic (exact) mass is 466 g/mol. The molecule has 0 aliphatic carbocycles. The van der Waals surface area contributed by atoms with Gasteiger partial charge < -0.3 is 19.7 Å². The van der Waals surface area contributed by atoms with Crippen molar-refractivity contribution in [1.29, 1.82) is 0 Å². The van der Waals surface area contributed by atoms with Gasteiger partial charge in [0.2, 0.25) is 0 Å². The number of nitrogens with one attached hydrogen (secondary N) is 1. The number of likely N-dealkylation sites (tertiary alicyclic amines) is 1. The molecular formula is C23H31ClN2O6. The molecule has 1 N–H and O–H groups in total. The van der Waals surface area contributed by atoms with E-state index in [-0.39, 0.29) is 23.7 Å². The Kier molecular flexibility index (Phi) is 9.97. The highest BCUT2D eigenvalue weighted by atomic mass is 35.5. The molecule has 2 atom stereocenters. The molecular weight excluding hydrogens is 436 g/mol. The average molecular weight is 467 g/mol. The first-order valence-electron chi connectivity index (χ1n) is 10.9. The smallest absolute Gasteiger partial charge is 0.329 e. The van der Waals surface area contributed by atoms with Gasteiger partial charge in [0.25, 0.3) is 11.8 Å². The summed E-state index contributed by atoms with van der Waals surface area (Å²) in [5.41, 5.74) is 0.371. The van der Waals surface area contributed by atoms with E-state index in [2.05, 4.69) is 5.32 Å². The Balaban J connectivity index is 1.88. The van der Waals surface area contributed by atoms with Crippen LogP contribution in [0.5, 0.6) is 0 Å². The van der Waals surface area contributed by atoms with Crippen LogP contribution in [0.4, 0.5) is 0 Å². The molecule has 0 spiro atoms. The van der Waals surface area contributed by atoms with Crippen LogP contribution in [0.2, 0.25) is 5.02 Å². The summed E-state index contributed by atoms with van der Waals surface area (Å²) in [4.78, 5) is 51.1. The Morgan fingerprint density at radius 3 is 2.28 bits per heavy atom. The fraction of sp³-hybridized carbons (Fsp3) is 0.565. The summed E-state index contributed by atoms with van der Waals surface area (Å²) in [6, 6.07) is 5.44. The quantitative estimate of drug-likeness (QED) is 0.561. The molecule has 2 amide bonds. The van der Waals surface area contributed by atoms with Gasteiger partial charge in [-0.25, -0.2) is 4.79 Å². The van der Waals surface area contributed by atoms with E-state index in [4.69, 9.17) is 21.1 Å². The van der Waals surface area contributed by atoms with Crippen LogP contribution in [0.15, 0.2) is 24.3 Å². The number of carbonyl (C=O) groups is 4. The predicted octanol–water partition coefficient (Wildman–Crippen LogP) is 2.83. The molecule has 176 valence electrons. The van der Waals surface area contributed by atoms with Crippen LogP contribution >= 0.6 is 11.6 Å². The van der Waals surface area contributed by atoms with Gasteiger partial charge in [0, 0.05) is 23.7 Å². The Morgan fingerprint density at radius 1 is 1.09 bits per heavy atom. The maximum absolute atomic E-state index is 12.7. The Bertz CT molecular complexity index is 805. The maximum Gasteiger partial charge on any atom is 0.329 e. The molecule has 1 heterocycles. The number of halogens is 1. The van der Waals surface area contributed by atoms with Gasteiger partial charge in [-0.05, 0) is 49.9 Å². The number of rotatable bonds is 9. The van der Waals surface area contributed by atoms with Crippen LogP contribution < -0.4 is 5.32 Å². The van der Waals surface area contributed by atoms with Crippen molar-refractivity contribution in [2.24, 2.45) is 11.8 Å². The van der Waals surface area contributed by atoms with Crippen LogP contribution in [0.25, 0.3) is 0 Å². The van der Waals surface area contributed by atoms with Crippen LogP contribution in [0, 0.1) is 11.8 Å². The number of hydrogen-bond acceptors (Lipinski definition) is 6. The summed E-state index contributed by atoms with van der Waals surface area (Å²) >= 11 is 5.85. The fourth-order valence-electron chi connectivity index (χ4n) is 3.43. The number of esters is 2. The average Bonchev–Trinajstić information content (AvgIpc) is 2.80. The minimum absolute atomic E-state index is 0.186. The van der Waals surface area contributed by atoms with Crippen molar-refractivity contribution in [2.45, 2.75) is 46.1 Å². The zero-order valence-electron chi connectivity index (χ0n) is 18.8. The van der Waals surface area contributed by atoms with Gasteiger partial charge in [-0.1, -0.05) is 31.9 Å². The van der Waals surface area contributed by atoms with Crippen LogP contribution in [0.1, 0.15) is 50.4 Å². The molecule has 8 nitrogen and oxygen atoms in total. The molecule has 1 saturated heterocycles. The molecule has 0 aromatic heterocycles. The van der Waals surface area contributed by atoms with Crippen LogP contribution in [-0.4, -0.2) is 61.0 Å². The van der Waals surface area contributed by atoms with Crippen LogP contribution in [-0.2, 0) is 23.9 Å². The summed E-state index contributed by atoms with van der Waals surface area (Å²) < 4.78 is 10.3. The third kappa shape index (κ3) is 7.22. The van der Waals surface area contributed by atoms with Gasteiger partial charge in [-0.15, -0.1) is 0 Å². The van der Waals surface area contributed by atoms with Gasteiger partial charge in [0.1, 0.15) is 6.04 Å². The van der Waals surface area contributed by atoms with Gasteiger partial charge in [-0.3, -0.25) is 14.4 Å². The second-order valence-electron chi connectivity index (χ2n) is 7.86. The van der Waals surface area contributed by atoms with Gasteiger partial charge in [0.05, 0.1) is 12.5 Å². The SMILES string of the molecule is CCOC(=O)C1CCN(C(=O)COC(=O)[C@@H](NC(=O)c2ccc(Cl)cc2)[C@@H](C)CC)CC1. The van der Waals surface area contributed by atoms with E-state index < -0.39 is 24.5 Å². The highest BCUT2D eigenvalue weighted by molar-refractivity contribution is 6.30. The molecule has 1 aliphatic rings. The summed E-state index contributed by atoms with van der Waals surface area (Å²) in [6.07, 6.45) is 1.67. The fourth-order valence-corrected chi connectivity index (χ4v) is 3.56. The van der Waals surface area contributed by atoms with E-state index in [9.17, 15) is 19.2 Å². The minimum atomic E-state index is -0.884. The van der Waals surface area contributed by atoms with Gasteiger partial charge in [0.15, 0.2) is 6.61 Å². The second kappa shape index (κ2) is 12.4. The zero-order valence-corrected chi connectivity index (χ0v) is 19.5. The minimum Gasteiger partial charge on any atom is -0.466 e. The van der Waals surface area contributed by atoms with Crippen molar-refractivity contribution < 1.29 is 28.7 Å². The number of hydrogen-bond donors (Lipinski definition) is 1. The highest BCUT2D eigenvalue weighted by Crippen LogP contribution is 2.19. The summed E-state index contributed by atoms with van der Waals surface area (Å²) in [6.45, 7) is 6.22. The number of ether oxygens (including phenoxy) is 2. The molecule has 1 aromatic carbocycles. The zero-order chi connectivity index (χ0) is 23.7. The van der Waals surface area contributed by atoms with Crippen molar-refractivity contribution >= 4 is 35.4 Å². The number of amides is 2. The van der Waals surface area contributed by atoms with E-state index in [1.807, 2.05) is 13.8 Å². The Morgan fingerprint density at radius 2 is 1.72 bits per heavy atom. The third-order valence-corrected chi connectivity index (χ3v) is 5.92. The van der Waals surface area contributed by atoms with Crippen LogP contribution in [0.3, 0.4) is 0 Å². The topological polar surface area (TPSA) is 102 Å². The summed E-state index contributed by atoms with van der Waals surface area (Å²) in [5, 5.41) is 3.21. The maximum atomic E-state index is 12.7. The second-order valence-corrected chi connectivity index (χ2v) is 8.29. The lowest BCUT2D eigenvalue weighted by Gasteiger charge is -2.31. The molecule has 1 aliphatic heterocycles. The molecule has 0 unspecified atom stereocenters. The third-order valence-electron chi connectivity index (χ3n) is 5.67. The lowest BCUT2D eigenvalue weighted by Crippen LogP contribution is -2.47. The normalized spacial score (nSPS) is 16.1. The van der Waals surface area contributed by atoms with Crippen molar-refractivity contribution in [3.8, 4) is 0 Å². The Labute approximate surface area is 193 Å². The molecule has 32 heavy (non-hydrogen) atoms. The lowest BCUT2D eigenvalue weighted by atomic mass is 9.97. The first kappa shape index (κ1) is 25.6. The first-order chi connectivity index (χ1) is 15.3. The molecule has 0 radical (unpaired) electrons. The number of carbonyl (C=O) groups excluding carboxylic acids is 4. The summed E-state index contributed by atoms with van der Waals surface area (Å²) in [7, 11) is 0. The molecule has 0 saturated carbocycles. The summed E-state index contributed by atoms with van der Waals surface area (Å²) in [5.74, 6) is -2.03. The van der Waals surface area contributed by atoms with E-state index >= 15 is 0 Å². The number of piperidine rings is 1.